The van der Waals surface area contributed by atoms with Crippen LogP contribution in [0.1, 0.15) is 57.8 Å². The maximum atomic E-state index is 11.5. The van der Waals surface area contributed by atoms with Gasteiger partial charge in [0.2, 0.25) is 5.78 Å². The predicted molar refractivity (Wildman–Crippen MR) is 59.5 cm³/mol. The second-order valence-corrected chi connectivity index (χ2v) is 4.41. The molecular weight excluding hydrogens is 190 g/mol. The molecule has 1 aliphatic carbocycles. The third-order valence-corrected chi connectivity index (χ3v) is 3.03. The summed E-state index contributed by atoms with van der Waals surface area (Å²) in [6.45, 7) is 0. The van der Waals surface area contributed by atoms with Gasteiger partial charge < -0.3 is 5.73 Å². The third kappa shape index (κ3) is 4.56. The van der Waals surface area contributed by atoms with Crippen LogP contribution in [0.3, 0.4) is 0 Å². The summed E-state index contributed by atoms with van der Waals surface area (Å²) in [4.78, 5) is 22.9. The average Bonchev–Trinajstić information content (AvgIpc) is 2.23. The molecule has 3 nitrogen and oxygen atoms in total. The molecule has 86 valence electrons. The van der Waals surface area contributed by atoms with Crippen LogP contribution in [0.5, 0.6) is 0 Å². The fraction of sp³-hybridized carbons (Fsp3) is 0.833. The first kappa shape index (κ1) is 12.4. The molecule has 0 aromatic carbocycles. The Balaban J connectivity index is 2.44. The topological polar surface area (TPSA) is 60.2 Å². The second kappa shape index (κ2) is 6.72. The monoisotopic (exact) mass is 211 g/mol. The molecule has 0 heterocycles. The third-order valence-electron chi connectivity index (χ3n) is 3.03. The van der Waals surface area contributed by atoms with Gasteiger partial charge in [0.25, 0.3) is 0 Å². The summed E-state index contributed by atoms with van der Waals surface area (Å²) in [7, 11) is 0. The van der Waals surface area contributed by atoms with E-state index in [1.165, 1.54) is 19.3 Å². The van der Waals surface area contributed by atoms with Crippen molar-refractivity contribution in [2.75, 3.05) is 0 Å². The van der Waals surface area contributed by atoms with Crippen molar-refractivity contribution in [3.05, 3.63) is 0 Å². The molecule has 2 N–H and O–H groups in total. The van der Waals surface area contributed by atoms with Gasteiger partial charge in [-0.3, -0.25) is 9.59 Å². The minimum absolute atomic E-state index is 0.261. The largest absolute Gasteiger partial charge is 0.321 e. The van der Waals surface area contributed by atoms with Crippen molar-refractivity contribution >= 4 is 11.6 Å². The quantitative estimate of drug-likeness (QED) is 0.623. The first-order chi connectivity index (χ1) is 7.22. The summed E-state index contributed by atoms with van der Waals surface area (Å²) < 4.78 is 0. The van der Waals surface area contributed by atoms with Gasteiger partial charge in [0.15, 0.2) is 5.78 Å². The summed E-state index contributed by atoms with van der Waals surface area (Å²) in [5.74, 6) is -0.612. The number of carbonyl (C=O) groups is 2. The van der Waals surface area contributed by atoms with Gasteiger partial charge in [0.1, 0.15) is 0 Å². The molecule has 0 aliphatic heterocycles. The van der Waals surface area contributed by atoms with E-state index in [0.717, 1.165) is 25.7 Å². The summed E-state index contributed by atoms with van der Waals surface area (Å²) >= 11 is 0. The number of hydrogen-bond acceptors (Lipinski definition) is 3. The zero-order chi connectivity index (χ0) is 11.1. The van der Waals surface area contributed by atoms with E-state index in [0.29, 0.717) is 12.8 Å². The Morgan fingerprint density at radius 1 is 0.867 bits per heavy atom. The minimum atomic E-state index is -0.545. The molecule has 1 saturated carbocycles. The highest BCUT2D eigenvalue weighted by Crippen LogP contribution is 2.13. The van der Waals surface area contributed by atoms with E-state index in [4.69, 9.17) is 5.73 Å². The number of carbonyl (C=O) groups excluding carboxylic acids is 2. The van der Waals surface area contributed by atoms with Gasteiger partial charge >= 0.3 is 0 Å². The molecule has 1 atom stereocenters. The first-order valence-electron chi connectivity index (χ1n) is 6.04. The van der Waals surface area contributed by atoms with Crippen LogP contribution in [0.25, 0.3) is 0 Å². The fourth-order valence-corrected chi connectivity index (χ4v) is 1.99. The standard InChI is InChI=1S/C12H21NO2/c13-10-8-6-4-2-1-3-5-7-9-11(14)12(10)15/h10H,1-9,13H2. The zero-order valence-electron chi connectivity index (χ0n) is 9.34. The minimum Gasteiger partial charge on any atom is -0.321 e. The highest BCUT2D eigenvalue weighted by Gasteiger charge is 2.20. The van der Waals surface area contributed by atoms with Crippen molar-refractivity contribution in [2.24, 2.45) is 5.73 Å². The molecule has 0 aromatic heterocycles. The van der Waals surface area contributed by atoms with Gasteiger partial charge in [-0.05, 0) is 12.8 Å². The maximum Gasteiger partial charge on any atom is 0.214 e. The van der Waals surface area contributed by atoms with Crippen LogP contribution in [0, 0.1) is 0 Å². The van der Waals surface area contributed by atoms with E-state index in [-0.39, 0.29) is 11.6 Å². The summed E-state index contributed by atoms with van der Waals surface area (Å²) in [5.41, 5.74) is 5.68. The van der Waals surface area contributed by atoms with Crippen LogP contribution in [-0.4, -0.2) is 17.6 Å². The molecule has 1 rings (SSSR count). The van der Waals surface area contributed by atoms with E-state index >= 15 is 0 Å². The second-order valence-electron chi connectivity index (χ2n) is 4.41. The van der Waals surface area contributed by atoms with Crippen LogP contribution < -0.4 is 5.73 Å². The van der Waals surface area contributed by atoms with Crippen LogP contribution >= 0.6 is 0 Å². The molecule has 0 bridgehead atoms. The molecule has 0 spiro atoms. The Labute approximate surface area is 91.4 Å². The van der Waals surface area contributed by atoms with Crippen LogP contribution in [0.2, 0.25) is 0 Å². The van der Waals surface area contributed by atoms with E-state index < -0.39 is 6.04 Å². The van der Waals surface area contributed by atoms with E-state index in [2.05, 4.69) is 0 Å². The molecule has 1 unspecified atom stereocenters. The van der Waals surface area contributed by atoms with Crippen molar-refractivity contribution in [3.8, 4) is 0 Å². The van der Waals surface area contributed by atoms with E-state index in [9.17, 15) is 9.59 Å². The summed E-state index contributed by atoms with van der Waals surface area (Å²) in [6.07, 6.45) is 8.75. The average molecular weight is 211 g/mol. The Bertz CT molecular complexity index is 226. The molecule has 0 saturated heterocycles. The van der Waals surface area contributed by atoms with Crippen molar-refractivity contribution in [1.82, 2.24) is 0 Å². The molecule has 3 heteroatoms. The van der Waals surface area contributed by atoms with Crippen LogP contribution in [0.15, 0.2) is 0 Å². The van der Waals surface area contributed by atoms with Crippen LogP contribution in [-0.2, 0) is 9.59 Å². The molecule has 1 fully saturated rings. The number of hydrogen-bond donors (Lipinski definition) is 1. The lowest BCUT2D eigenvalue weighted by atomic mass is 9.97. The highest BCUT2D eigenvalue weighted by molar-refractivity contribution is 6.39. The smallest absolute Gasteiger partial charge is 0.214 e. The normalized spacial score (nSPS) is 26.9. The van der Waals surface area contributed by atoms with Gasteiger partial charge in [-0.2, -0.15) is 0 Å². The molecule has 15 heavy (non-hydrogen) atoms. The van der Waals surface area contributed by atoms with E-state index in [1.54, 1.807) is 0 Å². The Hall–Kier alpha value is -0.700. The molecular formula is C12H21NO2. The molecule has 0 radical (unpaired) electrons. The van der Waals surface area contributed by atoms with Gasteiger partial charge in [0.05, 0.1) is 6.04 Å². The predicted octanol–water partition coefficient (Wildman–Crippen LogP) is 1.98. The fourth-order valence-electron chi connectivity index (χ4n) is 1.99. The Morgan fingerprint density at radius 3 is 2.07 bits per heavy atom. The number of rotatable bonds is 0. The lowest BCUT2D eigenvalue weighted by Gasteiger charge is -2.11. The van der Waals surface area contributed by atoms with Gasteiger partial charge in [-0.1, -0.05) is 38.5 Å². The maximum absolute atomic E-state index is 11.5. The van der Waals surface area contributed by atoms with Gasteiger partial charge in [-0.15, -0.1) is 0 Å². The molecule has 0 amide bonds. The van der Waals surface area contributed by atoms with Crippen molar-refractivity contribution in [2.45, 2.75) is 63.8 Å². The van der Waals surface area contributed by atoms with Crippen molar-refractivity contribution in [3.63, 3.8) is 0 Å². The zero-order valence-corrected chi connectivity index (χ0v) is 9.34. The Kier molecular flexibility index (Phi) is 5.54. The first-order valence-corrected chi connectivity index (χ1v) is 6.04. The molecule has 0 aromatic rings. The lowest BCUT2D eigenvalue weighted by Crippen LogP contribution is -2.35. The Morgan fingerprint density at radius 2 is 1.40 bits per heavy atom. The van der Waals surface area contributed by atoms with Gasteiger partial charge in [-0.25, -0.2) is 0 Å². The lowest BCUT2D eigenvalue weighted by molar-refractivity contribution is -0.137. The number of Topliss-reactive ketones (excluding diaryl/α,β-unsaturated/α-hetero) is 2. The SMILES string of the molecule is NC1CCCCCCCCCC(=O)C1=O. The summed E-state index contributed by atoms with van der Waals surface area (Å²) in [5, 5.41) is 0. The van der Waals surface area contributed by atoms with Crippen molar-refractivity contribution in [1.29, 1.82) is 0 Å². The molecule has 1 aliphatic rings. The van der Waals surface area contributed by atoms with Crippen LogP contribution in [0.4, 0.5) is 0 Å². The van der Waals surface area contributed by atoms with E-state index in [1.807, 2.05) is 0 Å². The summed E-state index contributed by atoms with van der Waals surface area (Å²) in [6, 6.07) is -0.545. The van der Waals surface area contributed by atoms with Crippen molar-refractivity contribution < 1.29 is 9.59 Å². The number of nitrogens with two attached hydrogens (primary N) is 1. The van der Waals surface area contributed by atoms with Gasteiger partial charge in [0, 0.05) is 6.42 Å². The highest BCUT2D eigenvalue weighted by atomic mass is 16.2. The number of ketones is 2.